The minimum absolute atomic E-state index is 0.0782. The highest BCUT2D eigenvalue weighted by Gasteiger charge is 2.31. The molecule has 4 nitrogen and oxygen atoms in total. The summed E-state index contributed by atoms with van der Waals surface area (Å²) in [7, 11) is 0. The lowest BCUT2D eigenvalue weighted by molar-refractivity contribution is -0.141. The SMILES string of the molecule is CCCNC(=O)[C@@H](c1ccccc1)N(Cc1ccccc1)C(=O)Cc1ccccc1. The third-order valence-electron chi connectivity index (χ3n) is 4.94. The first kappa shape index (κ1) is 21.3. The molecule has 0 aliphatic heterocycles. The Balaban J connectivity index is 1.97. The minimum atomic E-state index is -0.686. The molecular formula is C26H28N2O2. The van der Waals surface area contributed by atoms with Gasteiger partial charge in [-0.05, 0) is 23.1 Å². The number of nitrogens with one attached hydrogen (secondary N) is 1. The van der Waals surface area contributed by atoms with Crippen LogP contribution in [0.3, 0.4) is 0 Å². The van der Waals surface area contributed by atoms with Gasteiger partial charge in [-0.3, -0.25) is 9.59 Å². The van der Waals surface area contributed by atoms with Crippen molar-refractivity contribution in [1.82, 2.24) is 10.2 Å². The molecule has 3 aromatic carbocycles. The van der Waals surface area contributed by atoms with Crippen LogP contribution >= 0.6 is 0 Å². The summed E-state index contributed by atoms with van der Waals surface area (Å²) in [6.07, 6.45) is 1.09. The van der Waals surface area contributed by atoms with Crippen LogP contribution in [-0.4, -0.2) is 23.3 Å². The number of rotatable bonds is 9. The van der Waals surface area contributed by atoms with Crippen molar-refractivity contribution in [2.75, 3.05) is 6.54 Å². The van der Waals surface area contributed by atoms with Crippen molar-refractivity contribution in [3.63, 3.8) is 0 Å². The van der Waals surface area contributed by atoms with E-state index in [1.54, 1.807) is 4.90 Å². The van der Waals surface area contributed by atoms with Gasteiger partial charge in [0.2, 0.25) is 11.8 Å². The number of hydrogen-bond donors (Lipinski definition) is 1. The van der Waals surface area contributed by atoms with E-state index in [1.165, 1.54) is 0 Å². The highest BCUT2D eigenvalue weighted by atomic mass is 16.2. The normalized spacial score (nSPS) is 11.5. The molecule has 30 heavy (non-hydrogen) atoms. The van der Waals surface area contributed by atoms with Crippen LogP contribution in [0, 0.1) is 0 Å². The summed E-state index contributed by atoms with van der Waals surface area (Å²) in [5.41, 5.74) is 2.73. The molecule has 4 heteroatoms. The maximum Gasteiger partial charge on any atom is 0.247 e. The molecule has 0 fully saturated rings. The standard InChI is InChI=1S/C26H28N2O2/c1-2-18-27-26(30)25(23-16-10-5-11-17-23)28(20-22-14-8-4-9-15-22)24(29)19-21-12-6-3-7-13-21/h3-17,25H,2,18-20H2,1H3,(H,27,30)/t25-/m1/s1. The number of carbonyl (C=O) groups is 2. The van der Waals surface area contributed by atoms with Crippen molar-refractivity contribution in [3.05, 3.63) is 108 Å². The van der Waals surface area contributed by atoms with Crippen molar-refractivity contribution in [2.24, 2.45) is 0 Å². The summed E-state index contributed by atoms with van der Waals surface area (Å²) in [5.74, 6) is -0.231. The molecule has 154 valence electrons. The summed E-state index contributed by atoms with van der Waals surface area (Å²) in [5, 5.41) is 2.98. The number of nitrogens with zero attached hydrogens (tertiary/aromatic N) is 1. The third kappa shape index (κ3) is 5.80. The van der Waals surface area contributed by atoms with Crippen LogP contribution in [0.25, 0.3) is 0 Å². The maximum atomic E-state index is 13.5. The summed E-state index contributed by atoms with van der Waals surface area (Å²) in [6.45, 7) is 2.96. The van der Waals surface area contributed by atoms with Crippen LogP contribution in [0.2, 0.25) is 0 Å². The zero-order chi connectivity index (χ0) is 21.2. The lowest BCUT2D eigenvalue weighted by Crippen LogP contribution is -2.44. The van der Waals surface area contributed by atoms with Crippen LogP contribution in [0.5, 0.6) is 0 Å². The Bertz CT molecular complexity index is 927. The first-order chi connectivity index (χ1) is 14.7. The average Bonchev–Trinajstić information content (AvgIpc) is 2.79. The fourth-order valence-corrected chi connectivity index (χ4v) is 3.43. The molecule has 3 rings (SSSR count). The van der Waals surface area contributed by atoms with E-state index in [0.717, 1.165) is 23.1 Å². The van der Waals surface area contributed by atoms with Gasteiger partial charge in [-0.25, -0.2) is 0 Å². The zero-order valence-electron chi connectivity index (χ0n) is 17.3. The first-order valence-electron chi connectivity index (χ1n) is 10.4. The second-order valence-corrected chi connectivity index (χ2v) is 7.27. The highest BCUT2D eigenvalue weighted by molar-refractivity contribution is 5.89. The minimum Gasteiger partial charge on any atom is -0.354 e. The topological polar surface area (TPSA) is 49.4 Å². The summed E-state index contributed by atoms with van der Waals surface area (Å²) < 4.78 is 0. The van der Waals surface area contributed by atoms with Crippen molar-refractivity contribution < 1.29 is 9.59 Å². The van der Waals surface area contributed by atoms with E-state index in [9.17, 15) is 9.59 Å². The van der Waals surface area contributed by atoms with Gasteiger partial charge >= 0.3 is 0 Å². The van der Waals surface area contributed by atoms with E-state index < -0.39 is 6.04 Å². The molecule has 1 N–H and O–H groups in total. The first-order valence-corrected chi connectivity index (χ1v) is 10.4. The Morgan fingerprint density at radius 1 is 0.800 bits per heavy atom. The van der Waals surface area contributed by atoms with Crippen molar-refractivity contribution in [3.8, 4) is 0 Å². The smallest absolute Gasteiger partial charge is 0.247 e. The van der Waals surface area contributed by atoms with Crippen molar-refractivity contribution in [1.29, 1.82) is 0 Å². The van der Waals surface area contributed by atoms with E-state index in [2.05, 4.69) is 5.32 Å². The molecule has 0 saturated carbocycles. The van der Waals surface area contributed by atoms with Gasteiger partial charge in [0.05, 0.1) is 6.42 Å². The van der Waals surface area contributed by atoms with Crippen LogP contribution < -0.4 is 5.32 Å². The Morgan fingerprint density at radius 2 is 1.33 bits per heavy atom. The molecule has 1 atom stereocenters. The van der Waals surface area contributed by atoms with E-state index in [-0.39, 0.29) is 18.2 Å². The second kappa shape index (κ2) is 11.0. The van der Waals surface area contributed by atoms with Crippen molar-refractivity contribution in [2.45, 2.75) is 32.4 Å². The molecule has 2 amide bonds. The molecule has 0 aliphatic rings. The third-order valence-corrected chi connectivity index (χ3v) is 4.94. The van der Waals surface area contributed by atoms with Gasteiger partial charge in [0.1, 0.15) is 6.04 Å². The van der Waals surface area contributed by atoms with E-state index >= 15 is 0 Å². The summed E-state index contributed by atoms with van der Waals surface area (Å²) in [6, 6.07) is 28.3. The molecule has 0 saturated heterocycles. The maximum absolute atomic E-state index is 13.5. The van der Waals surface area contributed by atoms with Crippen LogP contribution in [0.1, 0.15) is 36.1 Å². The van der Waals surface area contributed by atoms with Crippen LogP contribution in [0.15, 0.2) is 91.0 Å². The number of amides is 2. The number of hydrogen-bond acceptors (Lipinski definition) is 2. The summed E-state index contributed by atoms with van der Waals surface area (Å²) in [4.78, 5) is 28.3. The zero-order valence-corrected chi connectivity index (χ0v) is 17.3. The molecule has 0 bridgehead atoms. The Kier molecular flexibility index (Phi) is 7.78. The largest absolute Gasteiger partial charge is 0.354 e. The number of benzene rings is 3. The predicted molar refractivity (Wildman–Crippen MR) is 120 cm³/mol. The van der Waals surface area contributed by atoms with Gasteiger partial charge in [0, 0.05) is 13.1 Å². The van der Waals surface area contributed by atoms with Gasteiger partial charge < -0.3 is 10.2 Å². The molecule has 0 aromatic heterocycles. The highest BCUT2D eigenvalue weighted by Crippen LogP contribution is 2.25. The molecule has 0 aliphatic carbocycles. The van der Waals surface area contributed by atoms with Crippen molar-refractivity contribution >= 4 is 11.8 Å². The van der Waals surface area contributed by atoms with Gasteiger partial charge in [0.15, 0.2) is 0 Å². The fourth-order valence-electron chi connectivity index (χ4n) is 3.43. The predicted octanol–water partition coefficient (Wildman–Crippen LogP) is 4.53. The van der Waals surface area contributed by atoms with Crippen LogP contribution in [0.4, 0.5) is 0 Å². The Hall–Kier alpha value is -3.40. The fraction of sp³-hybridized carbons (Fsp3) is 0.231. The summed E-state index contributed by atoms with van der Waals surface area (Å²) >= 11 is 0. The van der Waals surface area contributed by atoms with E-state index in [0.29, 0.717) is 13.1 Å². The molecule has 0 radical (unpaired) electrons. The molecule has 0 heterocycles. The van der Waals surface area contributed by atoms with Gasteiger partial charge in [-0.1, -0.05) is 97.9 Å². The van der Waals surface area contributed by atoms with Gasteiger partial charge in [-0.2, -0.15) is 0 Å². The van der Waals surface area contributed by atoms with E-state index in [4.69, 9.17) is 0 Å². The second-order valence-electron chi connectivity index (χ2n) is 7.27. The molecule has 0 spiro atoms. The average molecular weight is 401 g/mol. The van der Waals surface area contributed by atoms with Gasteiger partial charge in [-0.15, -0.1) is 0 Å². The molecular weight excluding hydrogens is 372 g/mol. The van der Waals surface area contributed by atoms with Crippen LogP contribution in [-0.2, 0) is 22.6 Å². The molecule has 3 aromatic rings. The monoisotopic (exact) mass is 400 g/mol. The van der Waals surface area contributed by atoms with E-state index in [1.807, 2.05) is 97.9 Å². The lowest BCUT2D eigenvalue weighted by atomic mass is 10.0. The van der Waals surface area contributed by atoms with Gasteiger partial charge in [0.25, 0.3) is 0 Å². The quantitative estimate of drug-likeness (QED) is 0.574. The lowest BCUT2D eigenvalue weighted by Gasteiger charge is -2.32. The Morgan fingerprint density at radius 3 is 1.90 bits per heavy atom. The number of carbonyl (C=O) groups excluding carboxylic acids is 2. The Labute approximate surface area is 178 Å². The molecule has 0 unspecified atom stereocenters.